The van der Waals surface area contributed by atoms with Gasteiger partial charge in [0.15, 0.2) is 17.7 Å². The summed E-state index contributed by atoms with van der Waals surface area (Å²) in [5.41, 5.74) is 3.35. The molecule has 3 heterocycles. The number of rotatable bonds is 9. The summed E-state index contributed by atoms with van der Waals surface area (Å²) in [5, 5.41) is 16.9. The Bertz CT molecular complexity index is 1740. The van der Waals surface area contributed by atoms with Crippen LogP contribution in [0.4, 0.5) is 10.2 Å². The van der Waals surface area contributed by atoms with Crippen molar-refractivity contribution in [3.8, 4) is 17.0 Å². The number of halogens is 2. The van der Waals surface area contributed by atoms with Crippen molar-refractivity contribution in [1.82, 2.24) is 24.6 Å². The zero-order valence-electron chi connectivity index (χ0n) is 22.2. The minimum absolute atomic E-state index is 0.0439. The molecule has 4 N–H and O–H groups in total. The lowest BCUT2D eigenvalue weighted by atomic mass is 9.97. The molecule has 2 aromatic heterocycles. The van der Waals surface area contributed by atoms with E-state index in [4.69, 9.17) is 35.9 Å². The number of imidazole rings is 1. The van der Waals surface area contributed by atoms with Crippen molar-refractivity contribution in [1.29, 1.82) is 0 Å². The summed E-state index contributed by atoms with van der Waals surface area (Å²) in [6.45, 7) is 0.728. The monoisotopic (exact) mass is 618 g/mol. The number of hydrogen-bond acceptors (Lipinski definition) is 11. The number of benzene rings is 2. The number of alkyl halides is 1. The lowest BCUT2D eigenvalue weighted by Crippen LogP contribution is -2.42. The highest BCUT2D eigenvalue weighted by molar-refractivity contribution is 7.52. The number of nitrogens with two attached hydrogens (primary N) is 1. The molecule has 1 aliphatic rings. The van der Waals surface area contributed by atoms with Gasteiger partial charge < -0.3 is 24.8 Å². The Morgan fingerprint density at radius 1 is 1.31 bits per heavy atom. The van der Waals surface area contributed by atoms with Crippen LogP contribution in [0, 0.1) is 11.3 Å². The molecule has 42 heavy (non-hydrogen) atoms. The first kappa shape index (κ1) is 29.7. The van der Waals surface area contributed by atoms with E-state index in [-0.39, 0.29) is 22.7 Å². The minimum atomic E-state index is -4.41. The van der Waals surface area contributed by atoms with Crippen LogP contribution in [0.3, 0.4) is 0 Å². The van der Waals surface area contributed by atoms with Crippen LogP contribution < -0.4 is 15.3 Å². The number of anilines is 1. The Balaban J connectivity index is 1.45. The van der Waals surface area contributed by atoms with Gasteiger partial charge >= 0.3 is 13.7 Å². The summed E-state index contributed by atoms with van der Waals surface area (Å²) >= 11 is 5.55. The number of methoxy groups -OCH3 is 1. The van der Waals surface area contributed by atoms with E-state index in [0.29, 0.717) is 5.39 Å². The molecule has 5 rings (SSSR count). The molecule has 0 aliphatic carbocycles. The first-order chi connectivity index (χ1) is 20.1. The second kappa shape index (κ2) is 11.8. The molecule has 13 nitrogen and oxygen atoms in total. The van der Waals surface area contributed by atoms with Gasteiger partial charge in [-0.3, -0.25) is 13.9 Å². The van der Waals surface area contributed by atoms with Gasteiger partial charge in [0.05, 0.1) is 20.0 Å². The highest BCUT2D eigenvalue weighted by Crippen LogP contribution is 2.49. The summed E-state index contributed by atoms with van der Waals surface area (Å²) in [5.74, 6) is 1.63. The number of esters is 1. The topological polar surface area (TPSA) is 173 Å². The van der Waals surface area contributed by atoms with Gasteiger partial charge in [0, 0.05) is 10.8 Å². The fraction of sp³-hybridized carbons (Fsp3) is 0.308. The molecule has 0 amide bonds. The van der Waals surface area contributed by atoms with Gasteiger partial charge in [-0.15, -0.1) is 0 Å². The fourth-order valence-electron chi connectivity index (χ4n) is 4.54. The van der Waals surface area contributed by atoms with Crippen LogP contribution >= 0.6 is 19.3 Å². The largest absolute Gasteiger partial charge is 0.468 e. The number of carbonyl (C=O) groups excluding carboxylic acids is 1. The van der Waals surface area contributed by atoms with Gasteiger partial charge in [-0.2, -0.15) is 5.09 Å². The smallest absolute Gasteiger partial charge is 0.459 e. The second-order valence-electron chi connectivity index (χ2n) is 9.28. The van der Waals surface area contributed by atoms with Crippen molar-refractivity contribution in [3.63, 3.8) is 0 Å². The first-order valence-electron chi connectivity index (χ1n) is 12.5. The minimum Gasteiger partial charge on any atom is -0.468 e. The molecule has 0 radical (unpaired) electrons. The Hall–Kier alpha value is -3.83. The van der Waals surface area contributed by atoms with E-state index < -0.39 is 50.5 Å². The van der Waals surface area contributed by atoms with Crippen LogP contribution in [0.25, 0.3) is 21.9 Å². The summed E-state index contributed by atoms with van der Waals surface area (Å²) in [4.78, 5) is 24.2. The average Bonchev–Trinajstić information content (AvgIpc) is 3.51. The maximum atomic E-state index is 16.3. The fourth-order valence-corrected chi connectivity index (χ4v) is 6.20. The van der Waals surface area contributed by atoms with Gasteiger partial charge in [-0.1, -0.05) is 36.4 Å². The summed E-state index contributed by atoms with van der Waals surface area (Å²) in [7, 11) is -3.25. The highest BCUT2D eigenvalue weighted by atomic mass is 35.5. The lowest BCUT2D eigenvalue weighted by molar-refractivity contribution is -0.142. The van der Waals surface area contributed by atoms with E-state index >= 15 is 4.39 Å². The molecule has 6 atom stereocenters. The number of nitrogens with one attached hydrogen (secondary N) is 1. The van der Waals surface area contributed by atoms with Gasteiger partial charge in [-0.05, 0) is 35.9 Å². The van der Waals surface area contributed by atoms with Gasteiger partial charge in [0.2, 0.25) is 5.67 Å². The van der Waals surface area contributed by atoms with Crippen LogP contribution in [0.5, 0.6) is 5.75 Å². The van der Waals surface area contributed by atoms with E-state index in [9.17, 15) is 14.5 Å². The Morgan fingerprint density at radius 2 is 2.07 bits per heavy atom. The van der Waals surface area contributed by atoms with Crippen molar-refractivity contribution >= 4 is 53.1 Å². The molecule has 1 aliphatic heterocycles. The number of ether oxygens (including phenoxy) is 2. The predicted molar refractivity (Wildman–Crippen MR) is 150 cm³/mol. The van der Waals surface area contributed by atoms with E-state index in [2.05, 4.69) is 26.0 Å². The molecule has 2 aromatic carbocycles. The summed E-state index contributed by atoms with van der Waals surface area (Å²) in [6.07, 6.45) is -2.66. The van der Waals surface area contributed by atoms with Crippen LogP contribution in [0.1, 0.15) is 13.2 Å². The Kier molecular flexibility index (Phi) is 8.34. The van der Waals surface area contributed by atoms with Crippen LogP contribution in [-0.4, -0.2) is 68.2 Å². The van der Waals surface area contributed by atoms with E-state index in [1.807, 2.05) is 23.6 Å². The maximum Gasteiger partial charge on any atom is 0.459 e. The lowest BCUT2D eigenvalue weighted by Gasteiger charge is -2.25. The standard InChI is InChI=1S/C26H25ClFN6O7P/c1-15(24(36)38-2)33-42(37,41-18-9-5-7-16-6-3-4-8-17(16)18)39-12-19-21(35)26(28,10-11-27)25(40-19)34-14-32-20-22(29)30-13-31-23(20)34/h3-9,13-15,19,21,25,35H,12H2,1-2H3,(H,33,37)(H2,29,30,31)/t15-,19+,21+,25+,26+,42?/m0/s1. The third kappa shape index (κ3) is 5.50. The molecule has 1 unspecified atom stereocenters. The number of fused-ring (bicyclic) bond motifs is 2. The average molecular weight is 619 g/mol. The van der Waals surface area contributed by atoms with E-state index in [1.165, 1.54) is 17.8 Å². The van der Waals surface area contributed by atoms with Crippen molar-refractivity contribution in [2.24, 2.45) is 0 Å². The molecule has 0 bridgehead atoms. The van der Waals surface area contributed by atoms with Crippen LogP contribution in [0.15, 0.2) is 55.1 Å². The van der Waals surface area contributed by atoms with Crippen molar-refractivity contribution in [2.75, 3.05) is 19.5 Å². The van der Waals surface area contributed by atoms with Crippen molar-refractivity contribution < 1.29 is 37.4 Å². The van der Waals surface area contributed by atoms with Crippen molar-refractivity contribution in [2.45, 2.75) is 37.1 Å². The number of hydrogen-bond donors (Lipinski definition) is 3. The number of aliphatic hydroxyl groups is 1. The summed E-state index contributed by atoms with van der Waals surface area (Å²) < 4.78 is 53.6. The number of carbonyl (C=O) groups is 1. The second-order valence-corrected chi connectivity index (χ2v) is 11.2. The molecule has 0 spiro atoms. The quantitative estimate of drug-likeness (QED) is 0.142. The van der Waals surface area contributed by atoms with E-state index in [0.717, 1.165) is 18.8 Å². The maximum absolute atomic E-state index is 16.3. The summed E-state index contributed by atoms with van der Waals surface area (Å²) in [6, 6.07) is 11.1. The highest BCUT2D eigenvalue weighted by Gasteiger charge is 2.58. The zero-order valence-corrected chi connectivity index (χ0v) is 23.8. The van der Waals surface area contributed by atoms with Gasteiger partial charge in [0.1, 0.15) is 35.8 Å². The molecular formula is C26H25ClFN6O7P. The molecule has 4 aromatic rings. The molecule has 0 saturated carbocycles. The number of nitrogen functional groups attached to an aromatic ring is 1. The Labute approximate surface area is 243 Å². The predicted octanol–water partition coefficient (Wildman–Crippen LogP) is 3.08. The molecule has 16 heteroatoms. The SMILES string of the molecule is COC(=O)[C@H](C)NP(=O)(OC[C@H]1O[C@@H](n2cnc3c(N)ncnc32)[C@@](F)(C#CCl)[C@@H]1O)Oc1cccc2ccccc12. The third-order valence-corrected chi connectivity index (χ3v) is 8.33. The third-order valence-electron chi connectivity index (χ3n) is 6.61. The molecule has 1 fully saturated rings. The van der Waals surface area contributed by atoms with Gasteiger partial charge in [0.25, 0.3) is 0 Å². The number of aromatic nitrogens is 4. The van der Waals surface area contributed by atoms with Crippen LogP contribution in [-0.2, 0) is 23.4 Å². The van der Waals surface area contributed by atoms with E-state index in [1.54, 1.807) is 24.3 Å². The normalized spacial score (nSPS) is 24.1. The molecule has 220 valence electrons. The molecular weight excluding hydrogens is 594 g/mol. The Morgan fingerprint density at radius 3 is 2.83 bits per heavy atom. The van der Waals surface area contributed by atoms with Gasteiger partial charge in [-0.25, -0.2) is 23.9 Å². The van der Waals surface area contributed by atoms with Crippen molar-refractivity contribution in [3.05, 3.63) is 55.1 Å². The first-order valence-corrected chi connectivity index (χ1v) is 14.4. The van der Waals surface area contributed by atoms with Crippen LogP contribution in [0.2, 0.25) is 0 Å². The zero-order chi connectivity index (χ0) is 30.1. The number of aliphatic hydroxyl groups excluding tert-OH is 1. The molecule has 1 saturated heterocycles. The number of nitrogens with zero attached hydrogens (tertiary/aromatic N) is 4.